The molecule has 0 fully saturated rings. The van der Waals surface area contributed by atoms with Crippen LogP contribution in [0.2, 0.25) is 5.02 Å². The zero-order valence-electron chi connectivity index (χ0n) is 15.6. The molecule has 0 saturated carbocycles. The summed E-state index contributed by atoms with van der Waals surface area (Å²) in [5, 5.41) is 20.2. The minimum absolute atomic E-state index is 0.122. The highest BCUT2D eigenvalue weighted by molar-refractivity contribution is 7.98. The maximum absolute atomic E-state index is 11.9. The monoisotopic (exact) mass is 427 g/mol. The second-order valence-corrected chi connectivity index (χ2v) is 7.83. The van der Waals surface area contributed by atoms with Gasteiger partial charge in [-0.15, -0.1) is 10.2 Å². The quantitative estimate of drug-likeness (QED) is 0.356. The minimum atomic E-state index is -0.475. The van der Waals surface area contributed by atoms with Crippen LogP contribution in [0.5, 0.6) is 5.75 Å². The van der Waals surface area contributed by atoms with E-state index in [0.29, 0.717) is 23.1 Å². The third kappa shape index (κ3) is 4.16. The van der Waals surface area contributed by atoms with Gasteiger partial charge >= 0.3 is 5.63 Å². The molecule has 148 valence electrons. The Morgan fingerprint density at radius 3 is 2.72 bits per heavy atom. The molecule has 2 heterocycles. The molecule has 6 nitrogen and oxygen atoms in total. The summed E-state index contributed by atoms with van der Waals surface area (Å²) in [5.74, 6) is 1.27. The van der Waals surface area contributed by atoms with Crippen molar-refractivity contribution >= 4 is 34.3 Å². The lowest BCUT2D eigenvalue weighted by atomic mass is 10.1. The molecule has 0 aliphatic rings. The molecular weight excluding hydrogens is 410 g/mol. The number of hydrogen-bond donors (Lipinski definition) is 1. The summed E-state index contributed by atoms with van der Waals surface area (Å²) >= 11 is 7.53. The number of nitrogens with zero attached hydrogens (tertiary/aromatic N) is 3. The van der Waals surface area contributed by atoms with Crippen LogP contribution < -0.4 is 5.63 Å². The lowest BCUT2D eigenvalue weighted by molar-refractivity contribution is 0.473. The third-order valence-electron chi connectivity index (χ3n) is 4.57. The molecule has 0 aliphatic heterocycles. The average Bonchev–Trinajstić information content (AvgIpc) is 3.09. The Balaban J connectivity index is 1.61. The third-order valence-corrected chi connectivity index (χ3v) is 5.89. The van der Waals surface area contributed by atoms with Crippen molar-refractivity contribution in [1.82, 2.24) is 14.8 Å². The molecule has 4 aromatic rings. The molecule has 0 aliphatic carbocycles. The normalized spacial score (nSPS) is 11.2. The van der Waals surface area contributed by atoms with Crippen LogP contribution in [0.15, 0.2) is 62.9 Å². The summed E-state index contributed by atoms with van der Waals surface area (Å²) < 4.78 is 7.26. The number of rotatable bonds is 6. The van der Waals surface area contributed by atoms with Gasteiger partial charge in [-0.3, -0.25) is 0 Å². The van der Waals surface area contributed by atoms with Crippen LogP contribution >= 0.6 is 23.4 Å². The Morgan fingerprint density at radius 1 is 1.17 bits per heavy atom. The number of thioether (sulfide) groups is 1. The Labute approximate surface area is 176 Å². The number of halogens is 1. The van der Waals surface area contributed by atoms with Crippen LogP contribution in [0.4, 0.5) is 0 Å². The van der Waals surface area contributed by atoms with E-state index in [1.54, 1.807) is 6.07 Å². The van der Waals surface area contributed by atoms with E-state index >= 15 is 0 Å². The molecule has 8 heteroatoms. The van der Waals surface area contributed by atoms with Crippen LogP contribution in [0, 0.1) is 0 Å². The topological polar surface area (TPSA) is 81.2 Å². The van der Waals surface area contributed by atoms with E-state index in [9.17, 15) is 9.90 Å². The van der Waals surface area contributed by atoms with E-state index in [1.807, 2.05) is 18.2 Å². The van der Waals surface area contributed by atoms with E-state index in [0.717, 1.165) is 23.1 Å². The number of fused-ring (bicyclic) bond motifs is 1. The second kappa shape index (κ2) is 8.31. The fraction of sp³-hybridized carbons (Fsp3) is 0.190. The molecule has 2 aromatic carbocycles. The molecular formula is C21H18ClN3O3S. The maximum atomic E-state index is 11.9. The predicted octanol–water partition coefficient (Wildman–Crippen LogP) is 4.65. The zero-order valence-corrected chi connectivity index (χ0v) is 17.2. The number of phenols is 1. The van der Waals surface area contributed by atoms with Gasteiger partial charge in [0.15, 0.2) is 5.16 Å². The van der Waals surface area contributed by atoms with E-state index < -0.39 is 5.63 Å². The largest absolute Gasteiger partial charge is 0.506 e. The van der Waals surface area contributed by atoms with Gasteiger partial charge in [-0.05, 0) is 24.1 Å². The van der Waals surface area contributed by atoms with Gasteiger partial charge in [0, 0.05) is 36.2 Å². The van der Waals surface area contributed by atoms with Crippen molar-refractivity contribution in [2.45, 2.75) is 30.8 Å². The first-order chi connectivity index (χ1) is 14.0. The first-order valence-electron chi connectivity index (χ1n) is 9.09. The van der Waals surface area contributed by atoms with E-state index in [4.69, 9.17) is 16.0 Å². The number of aromatic nitrogens is 3. The SMILES string of the molecule is CCn1c(Cc2ccccc2)nnc1SCc1cc(=O)oc2cc(O)c(Cl)cc12. The van der Waals surface area contributed by atoms with Crippen molar-refractivity contribution in [3.8, 4) is 5.75 Å². The van der Waals surface area contributed by atoms with Crippen LogP contribution in [-0.2, 0) is 18.7 Å². The Kier molecular flexibility index (Phi) is 5.60. The summed E-state index contributed by atoms with van der Waals surface area (Å²) in [7, 11) is 0. The van der Waals surface area contributed by atoms with E-state index in [-0.39, 0.29) is 10.8 Å². The summed E-state index contributed by atoms with van der Waals surface area (Å²) in [6.07, 6.45) is 0.703. The minimum Gasteiger partial charge on any atom is -0.506 e. The Morgan fingerprint density at radius 2 is 1.97 bits per heavy atom. The van der Waals surface area contributed by atoms with Crippen molar-refractivity contribution in [3.05, 3.63) is 80.9 Å². The number of hydrogen-bond acceptors (Lipinski definition) is 6. The van der Waals surface area contributed by atoms with Crippen LogP contribution in [0.1, 0.15) is 23.9 Å². The van der Waals surface area contributed by atoms with Crippen molar-refractivity contribution in [3.63, 3.8) is 0 Å². The van der Waals surface area contributed by atoms with Crippen molar-refractivity contribution in [1.29, 1.82) is 0 Å². The average molecular weight is 428 g/mol. The number of aromatic hydroxyl groups is 1. The molecule has 4 rings (SSSR count). The molecule has 0 bridgehead atoms. The van der Waals surface area contributed by atoms with Gasteiger partial charge < -0.3 is 14.1 Å². The molecule has 1 N–H and O–H groups in total. The van der Waals surface area contributed by atoms with Gasteiger partial charge in [0.2, 0.25) is 0 Å². The zero-order chi connectivity index (χ0) is 20.4. The van der Waals surface area contributed by atoms with Crippen molar-refractivity contribution < 1.29 is 9.52 Å². The van der Waals surface area contributed by atoms with Gasteiger partial charge in [0.05, 0.1) is 5.02 Å². The van der Waals surface area contributed by atoms with Gasteiger partial charge in [0.1, 0.15) is 17.2 Å². The Bertz CT molecular complexity index is 1220. The fourth-order valence-electron chi connectivity index (χ4n) is 3.15. The highest BCUT2D eigenvalue weighted by Crippen LogP contribution is 2.32. The summed E-state index contributed by atoms with van der Waals surface area (Å²) in [4.78, 5) is 11.9. The fourth-order valence-corrected chi connectivity index (χ4v) is 4.33. The molecule has 0 amide bonds. The van der Waals surface area contributed by atoms with E-state index in [1.165, 1.54) is 29.5 Å². The second-order valence-electron chi connectivity index (χ2n) is 6.48. The lowest BCUT2D eigenvalue weighted by Gasteiger charge is -2.09. The molecule has 0 saturated heterocycles. The van der Waals surface area contributed by atoms with Crippen molar-refractivity contribution in [2.24, 2.45) is 0 Å². The van der Waals surface area contributed by atoms with Crippen LogP contribution in [0.25, 0.3) is 11.0 Å². The smallest absolute Gasteiger partial charge is 0.336 e. The molecule has 0 unspecified atom stereocenters. The van der Waals surface area contributed by atoms with Crippen molar-refractivity contribution in [2.75, 3.05) is 0 Å². The summed E-state index contributed by atoms with van der Waals surface area (Å²) in [6, 6.07) is 14.5. The number of phenolic OH excluding ortho intramolecular Hbond substituents is 1. The molecule has 0 atom stereocenters. The summed E-state index contributed by atoms with van der Waals surface area (Å²) in [5.41, 5.74) is 1.76. The van der Waals surface area contributed by atoms with E-state index in [2.05, 4.69) is 33.8 Å². The molecule has 0 spiro atoms. The molecule has 2 aromatic heterocycles. The predicted molar refractivity (Wildman–Crippen MR) is 114 cm³/mol. The number of benzene rings is 2. The van der Waals surface area contributed by atoms with Gasteiger partial charge in [0.25, 0.3) is 0 Å². The Hall–Kier alpha value is -2.77. The molecule has 0 radical (unpaired) electrons. The first-order valence-corrected chi connectivity index (χ1v) is 10.5. The highest BCUT2D eigenvalue weighted by Gasteiger charge is 2.14. The van der Waals surface area contributed by atoms with Gasteiger partial charge in [-0.1, -0.05) is 53.7 Å². The van der Waals surface area contributed by atoms with Gasteiger partial charge in [-0.25, -0.2) is 4.79 Å². The first kappa shape index (κ1) is 19.5. The van der Waals surface area contributed by atoms with Gasteiger partial charge in [-0.2, -0.15) is 0 Å². The maximum Gasteiger partial charge on any atom is 0.336 e. The van der Waals surface area contributed by atoms with Crippen LogP contribution in [0.3, 0.4) is 0 Å². The summed E-state index contributed by atoms with van der Waals surface area (Å²) in [6.45, 7) is 2.80. The van der Waals surface area contributed by atoms with Crippen LogP contribution in [-0.4, -0.2) is 19.9 Å². The highest BCUT2D eigenvalue weighted by atomic mass is 35.5. The molecule has 29 heavy (non-hydrogen) atoms. The lowest BCUT2D eigenvalue weighted by Crippen LogP contribution is -2.04. The standard InChI is InChI=1S/C21H18ClN3O3S/c1-2-25-19(8-13-6-4-3-5-7-13)23-24-21(25)29-12-14-9-20(27)28-18-11-17(26)16(22)10-15(14)18/h3-7,9-11,26H,2,8,12H2,1H3.